The van der Waals surface area contributed by atoms with E-state index in [4.69, 9.17) is 0 Å². The summed E-state index contributed by atoms with van der Waals surface area (Å²) >= 11 is 1.34. The predicted molar refractivity (Wildman–Crippen MR) is 110 cm³/mol. The highest BCUT2D eigenvalue weighted by Gasteiger charge is 2.48. The van der Waals surface area contributed by atoms with Crippen molar-refractivity contribution >= 4 is 46.3 Å². The molecule has 0 bridgehead atoms. The summed E-state index contributed by atoms with van der Waals surface area (Å²) in [6, 6.07) is 10.3. The molecule has 1 saturated carbocycles. The average molecular weight is 411 g/mol. The van der Waals surface area contributed by atoms with Gasteiger partial charge in [-0.2, -0.15) is 0 Å². The van der Waals surface area contributed by atoms with Gasteiger partial charge in [0.25, 0.3) is 5.91 Å². The first kappa shape index (κ1) is 19.3. The number of carbonyl (C=O) groups excluding carboxylic acids is 4. The van der Waals surface area contributed by atoms with Crippen molar-refractivity contribution in [2.45, 2.75) is 25.7 Å². The van der Waals surface area contributed by atoms with Gasteiger partial charge in [0.15, 0.2) is 0 Å². The molecule has 0 spiro atoms. The van der Waals surface area contributed by atoms with Crippen LogP contribution in [0.15, 0.2) is 41.8 Å². The second-order valence-corrected chi connectivity index (χ2v) is 8.27. The molecule has 4 rings (SSSR count). The minimum Gasteiger partial charge on any atom is -0.324 e. The maximum absolute atomic E-state index is 12.5. The number of likely N-dealkylation sites (tertiary alicyclic amines) is 1. The van der Waals surface area contributed by atoms with Gasteiger partial charge in [-0.25, -0.2) is 0 Å². The van der Waals surface area contributed by atoms with Gasteiger partial charge in [0.2, 0.25) is 17.7 Å². The summed E-state index contributed by atoms with van der Waals surface area (Å²) in [6.45, 7) is -0.281. The molecule has 1 aromatic carbocycles. The number of benzene rings is 1. The molecule has 2 heterocycles. The van der Waals surface area contributed by atoms with Gasteiger partial charge < -0.3 is 10.6 Å². The first-order chi connectivity index (χ1) is 14.0. The van der Waals surface area contributed by atoms with Crippen molar-refractivity contribution in [3.63, 3.8) is 0 Å². The van der Waals surface area contributed by atoms with Crippen LogP contribution in [0.25, 0.3) is 0 Å². The largest absolute Gasteiger partial charge is 0.324 e. The van der Waals surface area contributed by atoms with Crippen LogP contribution in [0.5, 0.6) is 0 Å². The summed E-state index contributed by atoms with van der Waals surface area (Å²) in [4.78, 5) is 51.3. The fraction of sp³-hybridized carbons (Fsp3) is 0.333. The zero-order chi connectivity index (χ0) is 20.4. The van der Waals surface area contributed by atoms with Crippen LogP contribution in [-0.2, 0) is 14.4 Å². The number of nitrogens with one attached hydrogen (secondary N) is 2. The molecular weight excluding hydrogens is 390 g/mol. The zero-order valence-corrected chi connectivity index (χ0v) is 16.5. The van der Waals surface area contributed by atoms with Crippen LogP contribution in [-0.4, -0.2) is 35.1 Å². The number of nitrogens with zero attached hydrogens (tertiary/aromatic N) is 1. The summed E-state index contributed by atoms with van der Waals surface area (Å²) in [5.74, 6) is -1.65. The van der Waals surface area contributed by atoms with Crippen LogP contribution < -0.4 is 10.6 Å². The maximum atomic E-state index is 12.5. The summed E-state index contributed by atoms with van der Waals surface area (Å²) in [5.41, 5.74) is 1.02. The van der Waals surface area contributed by atoms with Gasteiger partial charge in [0.1, 0.15) is 6.54 Å². The molecule has 29 heavy (non-hydrogen) atoms. The number of carbonyl (C=O) groups is 4. The molecule has 8 heteroatoms. The lowest BCUT2D eigenvalue weighted by Gasteiger charge is -2.19. The van der Waals surface area contributed by atoms with Gasteiger partial charge in [-0.1, -0.05) is 25.0 Å². The van der Waals surface area contributed by atoms with Crippen LogP contribution in [0.1, 0.15) is 35.4 Å². The number of hydrogen-bond acceptors (Lipinski definition) is 5. The van der Waals surface area contributed by atoms with Crippen LogP contribution in [0, 0.1) is 11.8 Å². The van der Waals surface area contributed by atoms with Gasteiger partial charge >= 0.3 is 0 Å². The van der Waals surface area contributed by atoms with Crippen molar-refractivity contribution in [1.82, 2.24) is 4.90 Å². The fourth-order valence-electron chi connectivity index (χ4n) is 4.01. The van der Waals surface area contributed by atoms with E-state index in [0.29, 0.717) is 16.3 Å². The number of anilines is 2. The van der Waals surface area contributed by atoms with E-state index in [2.05, 4.69) is 10.6 Å². The van der Waals surface area contributed by atoms with E-state index >= 15 is 0 Å². The molecule has 2 N–H and O–H groups in total. The van der Waals surface area contributed by atoms with Crippen molar-refractivity contribution in [1.29, 1.82) is 0 Å². The van der Waals surface area contributed by atoms with Gasteiger partial charge in [-0.3, -0.25) is 24.1 Å². The van der Waals surface area contributed by atoms with E-state index in [-0.39, 0.29) is 36.1 Å². The molecule has 7 nitrogen and oxygen atoms in total. The fourth-order valence-corrected chi connectivity index (χ4v) is 4.63. The van der Waals surface area contributed by atoms with Gasteiger partial charge in [-0.05, 0) is 42.5 Å². The highest BCUT2D eigenvalue weighted by molar-refractivity contribution is 7.12. The summed E-state index contributed by atoms with van der Waals surface area (Å²) in [7, 11) is 0. The third-order valence-corrected chi connectivity index (χ3v) is 6.25. The van der Waals surface area contributed by atoms with Crippen LogP contribution in [0.4, 0.5) is 11.4 Å². The molecular formula is C21H21N3O4S. The van der Waals surface area contributed by atoms with Crippen molar-refractivity contribution in [3.8, 4) is 0 Å². The molecule has 1 aliphatic heterocycles. The van der Waals surface area contributed by atoms with Gasteiger partial charge in [0, 0.05) is 11.4 Å². The van der Waals surface area contributed by atoms with E-state index in [9.17, 15) is 19.2 Å². The van der Waals surface area contributed by atoms with Crippen molar-refractivity contribution in [2.75, 3.05) is 17.2 Å². The Labute approximate surface area is 172 Å². The van der Waals surface area contributed by atoms with Crippen LogP contribution in [0.2, 0.25) is 0 Å². The van der Waals surface area contributed by atoms with Crippen LogP contribution in [0.3, 0.4) is 0 Å². The quantitative estimate of drug-likeness (QED) is 0.739. The molecule has 1 saturated heterocycles. The number of imide groups is 1. The minimum atomic E-state index is -0.438. The van der Waals surface area contributed by atoms with E-state index in [1.807, 2.05) is 5.38 Å². The predicted octanol–water partition coefficient (Wildman–Crippen LogP) is 3.11. The second-order valence-electron chi connectivity index (χ2n) is 7.32. The van der Waals surface area contributed by atoms with Gasteiger partial charge in [-0.15, -0.1) is 11.3 Å². The Morgan fingerprint density at radius 2 is 1.62 bits per heavy atom. The summed E-state index contributed by atoms with van der Waals surface area (Å²) in [6.07, 6.45) is 3.34. The smallest absolute Gasteiger partial charge is 0.265 e. The van der Waals surface area contributed by atoms with E-state index in [1.165, 1.54) is 11.3 Å². The maximum Gasteiger partial charge on any atom is 0.265 e. The zero-order valence-electron chi connectivity index (χ0n) is 15.7. The number of fused-ring (bicyclic) bond motifs is 1. The third kappa shape index (κ3) is 4.07. The lowest BCUT2D eigenvalue weighted by molar-refractivity contribution is -0.142. The topological polar surface area (TPSA) is 95.6 Å². The Hall–Kier alpha value is -3.00. The first-order valence-electron chi connectivity index (χ1n) is 9.63. The van der Waals surface area contributed by atoms with E-state index in [0.717, 1.165) is 30.6 Å². The number of amides is 4. The van der Waals surface area contributed by atoms with E-state index in [1.54, 1.807) is 36.4 Å². The molecule has 2 aromatic rings. The minimum absolute atomic E-state index is 0.223. The van der Waals surface area contributed by atoms with Gasteiger partial charge in [0.05, 0.1) is 16.7 Å². The van der Waals surface area contributed by atoms with Crippen molar-refractivity contribution < 1.29 is 19.2 Å². The normalized spacial score (nSPS) is 21.0. The number of rotatable bonds is 5. The van der Waals surface area contributed by atoms with Crippen LogP contribution >= 0.6 is 11.3 Å². The molecule has 2 fully saturated rings. The highest BCUT2D eigenvalue weighted by Crippen LogP contribution is 2.37. The SMILES string of the molecule is O=C(CN1C(=O)C2CCCCC2C1=O)Nc1cccc(NC(=O)c2cccs2)c1. The lowest BCUT2D eigenvalue weighted by Crippen LogP contribution is -2.38. The Morgan fingerprint density at radius 1 is 0.966 bits per heavy atom. The molecule has 1 aromatic heterocycles. The molecule has 1 aliphatic carbocycles. The molecule has 0 radical (unpaired) electrons. The molecule has 4 amide bonds. The molecule has 2 unspecified atom stereocenters. The summed E-state index contributed by atoms with van der Waals surface area (Å²) in [5, 5.41) is 7.31. The monoisotopic (exact) mass is 411 g/mol. The highest BCUT2D eigenvalue weighted by atomic mass is 32.1. The standard InChI is InChI=1S/C21H21N3O4S/c25-18(12-24-20(27)15-7-1-2-8-16(15)21(24)28)22-13-5-3-6-14(11-13)23-19(26)17-9-4-10-29-17/h3-6,9-11,15-16H,1-2,7-8,12H2,(H,22,25)(H,23,26). The Bertz CT molecular complexity index is 933. The summed E-state index contributed by atoms with van der Waals surface area (Å²) < 4.78 is 0. The molecule has 2 atom stereocenters. The number of hydrogen-bond donors (Lipinski definition) is 2. The van der Waals surface area contributed by atoms with Crippen molar-refractivity contribution in [3.05, 3.63) is 46.7 Å². The molecule has 150 valence electrons. The molecule has 2 aliphatic rings. The number of thiophene rings is 1. The lowest BCUT2D eigenvalue weighted by atomic mass is 9.81. The average Bonchev–Trinajstić information content (AvgIpc) is 3.33. The third-order valence-electron chi connectivity index (χ3n) is 5.38. The second kappa shape index (κ2) is 8.16. The Kier molecular flexibility index (Phi) is 5.44. The Morgan fingerprint density at radius 3 is 2.24 bits per heavy atom. The van der Waals surface area contributed by atoms with E-state index < -0.39 is 5.91 Å². The van der Waals surface area contributed by atoms with Crippen molar-refractivity contribution in [2.24, 2.45) is 11.8 Å². The Balaban J connectivity index is 1.38. The first-order valence-corrected chi connectivity index (χ1v) is 10.5.